The molecule has 0 aromatic heterocycles. The predicted octanol–water partition coefficient (Wildman–Crippen LogP) is 2.20. The van der Waals surface area contributed by atoms with Gasteiger partial charge in [0.2, 0.25) is 10.0 Å². The van der Waals surface area contributed by atoms with Crippen LogP contribution in [-0.4, -0.2) is 39.5 Å². The predicted molar refractivity (Wildman–Crippen MR) is 83.9 cm³/mol. The van der Waals surface area contributed by atoms with Gasteiger partial charge in [-0.05, 0) is 36.6 Å². The van der Waals surface area contributed by atoms with Gasteiger partial charge in [0.25, 0.3) is 0 Å². The summed E-state index contributed by atoms with van der Waals surface area (Å²) >= 11 is 6.09. The fraction of sp³-hybridized carbons (Fsp3) is 0.429. The van der Waals surface area contributed by atoms with E-state index in [1.54, 1.807) is 20.1 Å². The number of hydrogen-bond acceptors (Lipinski definition) is 4. The summed E-state index contributed by atoms with van der Waals surface area (Å²) in [5, 5.41) is 0.202. The van der Waals surface area contributed by atoms with Gasteiger partial charge in [-0.1, -0.05) is 17.7 Å². The van der Waals surface area contributed by atoms with E-state index in [-0.39, 0.29) is 9.92 Å². The molecule has 0 saturated carbocycles. The minimum atomic E-state index is -3.63. The van der Waals surface area contributed by atoms with Crippen molar-refractivity contribution in [2.75, 3.05) is 32.5 Å². The van der Waals surface area contributed by atoms with Gasteiger partial charge >= 0.3 is 0 Å². The van der Waals surface area contributed by atoms with Gasteiger partial charge in [0.05, 0.1) is 11.6 Å². The Morgan fingerprint density at radius 1 is 1.43 bits per heavy atom. The van der Waals surface area contributed by atoms with Crippen molar-refractivity contribution in [3.8, 4) is 0 Å². The van der Waals surface area contributed by atoms with Crippen LogP contribution in [0.25, 0.3) is 0 Å². The lowest BCUT2D eigenvalue weighted by Gasteiger charge is -2.26. The fourth-order valence-electron chi connectivity index (χ4n) is 2.23. The van der Waals surface area contributed by atoms with Crippen LogP contribution in [0.1, 0.15) is 12.0 Å². The molecule has 1 aliphatic heterocycles. The number of methoxy groups -OCH3 is 1. The maximum atomic E-state index is 12.7. The molecule has 0 unspecified atom stereocenters. The van der Waals surface area contributed by atoms with Gasteiger partial charge in [-0.2, -0.15) is 4.31 Å². The van der Waals surface area contributed by atoms with Gasteiger partial charge in [0.15, 0.2) is 0 Å². The summed E-state index contributed by atoms with van der Waals surface area (Å²) in [6.07, 6.45) is 2.54. The smallest absolute Gasteiger partial charge is 0.244 e. The number of hydrogen-bond donors (Lipinski definition) is 1. The van der Waals surface area contributed by atoms with Crippen LogP contribution >= 0.6 is 11.6 Å². The molecule has 0 atom stereocenters. The molecule has 1 aromatic rings. The second-order valence-corrected chi connectivity index (χ2v) is 7.36. The third kappa shape index (κ3) is 3.40. The summed E-state index contributed by atoms with van der Waals surface area (Å²) in [5.41, 5.74) is 8.10. The van der Waals surface area contributed by atoms with Gasteiger partial charge in [-0.15, -0.1) is 0 Å². The molecule has 1 aliphatic rings. The fourth-order valence-corrected chi connectivity index (χ4v) is 4.21. The Morgan fingerprint density at radius 3 is 2.71 bits per heavy atom. The number of rotatable bonds is 4. The zero-order valence-corrected chi connectivity index (χ0v) is 13.7. The average Bonchev–Trinajstić information content (AvgIpc) is 2.43. The van der Waals surface area contributed by atoms with Gasteiger partial charge in [0.1, 0.15) is 4.90 Å². The van der Waals surface area contributed by atoms with E-state index in [0.717, 1.165) is 11.1 Å². The molecule has 0 aliphatic carbocycles. The van der Waals surface area contributed by atoms with E-state index < -0.39 is 10.0 Å². The summed E-state index contributed by atoms with van der Waals surface area (Å²) in [7, 11) is -2.01. The molecule has 116 valence electrons. The molecule has 0 spiro atoms. The van der Waals surface area contributed by atoms with Crippen LogP contribution in [-0.2, 0) is 14.8 Å². The number of ether oxygens (including phenoxy) is 1. The average molecular weight is 331 g/mol. The highest BCUT2D eigenvalue weighted by Gasteiger charge is 2.28. The van der Waals surface area contributed by atoms with Crippen molar-refractivity contribution < 1.29 is 13.2 Å². The van der Waals surface area contributed by atoms with Crippen molar-refractivity contribution in [2.45, 2.75) is 18.2 Å². The Kier molecular flexibility index (Phi) is 4.93. The molecule has 0 saturated heterocycles. The van der Waals surface area contributed by atoms with E-state index in [9.17, 15) is 8.42 Å². The van der Waals surface area contributed by atoms with E-state index in [1.807, 2.05) is 6.08 Å². The van der Waals surface area contributed by atoms with E-state index in [1.165, 1.54) is 10.4 Å². The van der Waals surface area contributed by atoms with Crippen LogP contribution in [0.15, 0.2) is 28.7 Å². The Bertz CT molecular complexity index is 671. The van der Waals surface area contributed by atoms with E-state index in [0.29, 0.717) is 31.8 Å². The third-order valence-corrected chi connectivity index (χ3v) is 5.86. The Hall–Kier alpha value is -1.08. The highest BCUT2D eigenvalue weighted by Crippen LogP contribution is 2.30. The number of benzene rings is 1. The second kappa shape index (κ2) is 6.36. The summed E-state index contributed by atoms with van der Waals surface area (Å²) in [5.74, 6) is 0. The number of aryl methyl sites for hydroxylation is 1. The lowest BCUT2D eigenvalue weighted by Crippen LogP contribution is -2.35. The molecule has 1 heterocycles. The Morgan fingerprint density at radius 2 is 2.14 bits per heavy atom. The number of nitrogens with two attached hydrogens (primary N) is 1. The third-order valence-electron chi connectivity index (χ3n) is 3.53. The first kappa shape index (κ1) is 16.3. The van der Waals surface area contributed by atoms with Crippen molar-refractivity contribution in [1.82, 2.24) is 4.31 Å². The Balaban J connectivity index is 2.30. The molecule has 0 radical (unpaired) electrons. The van der Waals surface area contributed by atoms with Gasteiger partial charge in [0, 0.05) is 25.9 Å². The lowest BCUT2D eigenvalue weighted by atomic mass is 10.1. The molecule has 0 amide bonds. The molecular formula is C14H19ClN2O3S. The monoisotopic (exact) mass is 330 g/mol. The highest BCUT2D eigenvalue weighted by molar-refractivity contribution is 7.89. The zero-order valence-electron chi connectivity index (χ0n) is 12.1. The van der Waals surface area contributed by atoms with Crippen LogP contribution in [0.3, 0.4) is 0 Å². The van der Waals surface area contributed by atoms with Crippen LogP contribution in [0.4, 0.5) is 5.69 Å². The first-order chi connectivity index (χ1) is 9.86. The summed E-state index contributed by atoms with van der Waals surface area (Å²) < 4.78 is 31.8. The van der Waals surface area contributed by atoms with Crippen molar-refractivity contribution in [3.63, 3.8) is 0 Å². The SMILES string of the molecule is COCC1=CCN(S(=O)(=O)c2cc(N)c(C)cc2Cl)CC1. The maximum absolute atomic E-state index is 12.7. The van der Waals surface area contributed by atoms with Gasteiger partial charge in [-0.25, -0.2) is 8.42 Å². The molecule has 21 heavy (non-hydrogen) atoms. The number of sulfonamides is 1. The Labute approximate surface area is 130 Å². The van der Waals surface area contributed by atoms with Crippen LogP contribution in [0.2, 0.25) is 5.02 Å². The second-order valence-electron chi connectivity index (χ2n) is 5.05. The summed E-state index contributed by atoms with van der Waals surface area (Å²) in [6, 6.07) is 3.02. The normalized spacial score (nSPS) is 16.8. The molecule has 2 N–H and O–H groups in total. The largest absolute Gasteiger partial charge is 0.398 e. The number of nitrogen functional groups attached to an aromatic ring is 1. The lowest BCUT2D eigenvalue weighted by molar-refractivity contribution is 0.219. The standard InChI is InChI=1S/C14H19ClN2O3S/c1-10-7-12(15)14(8-13(10)16)21(18,19)17-5-3-11(4-6-17)9-20-2/h3,7-8H,4-6,9,16H2,1-2H3. The van der Waals surface area contributed by atoms with Gasteiger partial charge < -0.3 is 10.5 Å². The van der Waals surface area contributed by atoms with Gasteiger partial charge in [-0.3, -0.25) is 0 Å². The van der Waals surface area contributed by atoms with Crippen LogP contribution < -0.4 is 5.73 Å². The van der Waals surface area contributed by atoms with E-state index >= 15 is 0 Å². The van der Waals surface area contributed by atoms with E-state index in [2.05, 4.69) is 0 Å². The van der Waals surface area contributed by atoms with Crippen molar-refractivity contribution in [1.29, 1.82) is 0 Å². The highest BCUT2D eigenvalue weighted by atomic mass is 35.5. The van der Waals surface area contributed by atoms with Crippen molar-refractivity contribution >= 4 is 27.3 Å². The molecule has 5 nitrogen and oxygen atoms in total. The molecule has 0 fully saturated rings. The molecule has 7 heteroatoms. The number of halogens is 1. The number of nitrogens with zero attached hydrogens (tertiary/aromatic N) is 1. The minimum absolute atomic E-state index is 0.0656. The molecular weight excluding hydrogens is 312 g/mol. The first-order valence-corrected chi connectivity index (χ1v) is 8.40. The topological polar surface area (TPSA) is 72.6 Å². The van der Waals surface area contributed by atoms with Crippen LogP contribution in [0, 0.1) is 6.92 Å². The van der Waals surface area contributed by atoms with Crippen molar-refractivity contribution in [2.24, 2.45) is 0 Å². The minimum Gasteiger partial charge on any atom is -0.398 e. The quantitative estimate of drug-likeness (QED) is 0.678. The van der Waals surface area contributed by atoms with E-state index in [4.69, 9.17) is 22.1 Å². The summed E-state index contributed by atoms with van der Waals surface area (Å²) in [6.45, 7) is 3.07. The number of anilines is 1. The summed E-state index contributed by atoms with van der Waals surface area (Å²) in [4.78, 5) is 0.0656. The first-order valence-electron chi connectivity index (χ1n) is 6.59. The van der Waals surface area contributed by atoms with Crippen LogP contribution in [0.5, 0.6) is 0 Å². The maximum Gasteiger partial charge on any atom is 0.244 e. The van der Waals surface area contributed by atoms with Crippen molar-refractivity contribution in [3.05, 3.63) is 34.4 Å². The molecule has 1 aromatic carbocycles. The molecule has 0 bridgehead atoms. The molecule has 2 rings (SSSR count). The zero-order chi connectivity index (χ0) is 15.6.